The van der Waals surface area contributed by atoms with Gasteiger partial charge in [0.15, 0.2) is 0 Å². The third kappa shape index (κ3) is 5.27. The molecule has 0 spiro atoms. The number of carbonyl (C=O) groups excluding carboxylic acids is 1. The molecule has 0 aromatic heterocycles. The maximum Gasteiger partial charge on any atom is 0.243 e. The molecule has 0 heterocycles. The zero-order valence-corrected chi connectivity index (χ0v) is 17.1. The van der Waals surface area contributed by atoms with Gasteiger partial charge < -0.3 is 5.32 Å². The van der Waals surface area contributed by atoms with Gasteiger partial charge in [-0.3, -0.25) is 9.10 Å². The molecule has 2 aromatic carbocycles. The number of nitrogens with zero attached hydrogens (tertiary/aromatic N) is 1. The second-order valence-corrected chi connectivity index (χ2v) is 8.81. The fourth-order valence-electron chi connectivity index (χ4n) is 2.45. The quantitative estimate of drug-likeness (QED) is 0.742. The first-order valence-electron chi connectivity index (χ1n) is 7.56. The number of hydrogen-bond acceptors (Lipinski definition) is 3. The molecule has 0 unspecified atom stereocenters. The third-order valence-electron chi connectivity index (χ3n) is 3.60. The number of amides is 1. The number of sulfonamides is 1. The second-order valence-electron chi connectivity index (χ2n) is 5.67. The fraction of sp³-hybridized carbons (Fsp3) is 0.235. The van der Waals surface area contributed by atoms with Gasteiger partial charge in [0.25, 0.3) is 0 Å². The third-order valence-corrected chi connectivity index (χ3v) is 5.65. The molecule has 0 aliphatic heterocycles. The summed E-state index contributed by atoms with van der Waals surface area (Å²) in [5.41, 5.74) is 0.941. The lowest BCUT2D eigenvalue weighted by atomic mass is 10.2. The molecule has 1 amide bonds. The molecule has 26 heavy (non-hydrogen) atoms. The first-order valence-corrected chi connectivity index (χ1v) is 10.5. The van der Waals surface area contributed by atoms with E-state index in [2.05, 4.69) is 5.32 Å². The first-order chi connectivity index (χ1) is 12.1. The Bertz CT molecular complexity index is 899. The molecule has 0 fully saturated rings. The predicted molar refractivity (Wildman–Crippen MR) is 107 cm³/mol. The van der Waals surface area contributed by atoms with Gasteiger partial charge in [0, 0.05) is 21.6 Å². The summed E-state index contributed by atoms with van der Waals surface area (Å²) in [6.07, 6.45) is 1.01. The van der Waals surface area contributed by atoms with Crippen molar-refractivity contribution in [2.75, 3.05) is 10.6 Å². The molecule has 1 N–H and O–H groups in total. The molecule has 0 aliphatic carbocycles. The molecule has 0 saturated heterocycles. The van der Waals surface area contributed by atoms with Crippen LogP contribution in [0.1, 0.15) is 12.5 Å². The van der Waals surface area contributed by atoms with E-state index in [1.165, 1.54) is 25.1 Å². The molecule has 2 rings (SSSR count). The Morgan fingerprint density at radius 2 is 1.69 bits per heavy atom. The molecule has 5 nitrogen and oxygen atoms in total. The Balaban J connectivity index is 2.25. The minimum absolute atomic E-state index is 0.177. The summed E-state index contributed by atoms with van der Waals surface area (Å²) < 4.78 is 25.5. The van der Waals surface area contributed by atoms with Crippen molar-refractivity contribution in [2.45, 2.75) is 19.5 Å². The average Bonchev–Trinajstić information content (AvgIpc) is 2.51. The lowest BCUT2D eigenvalue weighted by Gasteiger charge is -2.28. The van der Waals surface area contributed by atoms with Gasteiger partial charge in [-0.25, -0.2) is 8.42 Å². The van der Waals surface area contributed by atoms with E-state index in [0.717, 1.165) is 16.1 Å². The van der Waals surface area contributed by atoms with Crippen molar-refractivity contribution in [1.82, 2.24) is 5.32 Å². The van der Waals surface area contributed by atoms with Crippen LogP contribution < -0.4 is 9.62 Å². The lowest BCUT2D eigenvalue weighted by molar-refractivity contribution is -0.122. The number of rotatable bonds is 6. The largest absolute Gasteiger partial charge is 0.350 e. The SMILES string of the molecule is C[C@@H](C(=O)NCc1ccccc1Cl)N(c1cc(Cl)cc(Cl)c1)S(C)(=O)=O. The molecular weight excluding hydrogens is 419 g/mol. The van der Waals surface area contributed by atoms with Gasteiger partial charge in [-0.1, -0.05) is 53.0 Å². The Kier molecular flexibility index (Phi) is 6.80. The highest BCUT2D eigenvalue weighted by molar-refractivity contribution is 7.92. The number of benzene rings is 2. The van der Waals surface area contributed by atoms with Gasteiger partial charge >= 0.3 is 0 Å². The molecule has 0 aliphatic rings. The smallest absolute Gasteiger partial charge is 0.243 e. The van der Waals surface area contributed by atoms with Crippen LogP contribution >= 0.6 is 34.8 Å². The standard InChI is InChI=1S/C17H17Cl3N2O3S/c1-11(17(23)21-10-12-5-3-4-6-16(12)20)22(26(2,24)25)15-8-13(18)7-14(19)9-15/h3-9,11H,10H2,1-2H3,(H,21,23)/t11-/m0/s1. The van der Waals surface area contributed by atoms with Gasteiger partial charge in [-0.05, 0) is 36.8 Å². The van der Waals surface area contributed by atoms with Crippen LogP contribution in [0.2, 0.25) is 15.1 Å². The van der Waals surface area contributed by atoms with Crippen LogP contribution in [0.4, 0.5) is 5.69 Å². The van der Waals surface area contributed by atoms with Crippen LogP contribution in [-0.4, -0.2) is 26.6 Å². The van der Waals surface area contributed by atoms with Crippen molar-refractivity contribution in [3.8, 4) is 0 Å². The molecule has 0 bridgehead atoms. The van der Waals surface area contributed by atoms with Crippen LogP contribution in [0.25, 0.3) is 0 Å². The molecule has 1 atom stereocenters. The van der Waals surface area contributed by atoms with Crippen LogP contribution in [-0.2, 0) is 21.4 Å². The maximum absolute atomic E-state index is 12.5. The summed E-state index contributed by atoms with van der Waals surface area (Å²) in [5.74, 6) is -0.480. The molecule has 140 valence electrons. The van der Waals surface area contributed by atoms with Gasteiger partial charge in [0.05, 0.1) is 11.9 Å². The highest BCUT2D eigenvalue weighted by Crippen LogP contribution is 2.28. The second kappa shape index (κ2) is 8.48. The number of nitrogens with one attached hydrogen (secondary N) is 1. The zero-order chi connectivity index (χ0) is 19.5. The van der Waals surface area contributed by atoms with Crippen molar-refractivity contribution in [1.29, 1.82) is 0 Å². The topological polar surface area (TPSA) is 66.5 Å². The summed E-state index contributed by atoms with van der Waals surface area (Å²) in [7, 11) is -3.76. The van der Waals surface area contributed by atoms with E-state index in [1.54, 1.807) is 24.3 Å². The van der Waals surface area contributed by atoms with Crippen LogP contribution in [0.3, 0.4) is 0 Å². The summed E-state index contributed by atoms with van der Waals surface area (Å²) in [6.45, 7) is 1.66. The maximum atomic E-state index is 12.5. The van der Waals surface area contributed by atoms with E-state index in [4.69, 9.17) is 34.8 Å². The monoisotopic (exact) mass is 434 g/mol. The molecule has 9 heteroatoms. The van der Waals surface area contributed by atoms with Crippen molar-refractivity contribution >= 4 is 56.4 Å². The molecule has 0 radical (unpaired) electrons. The number of halogens is 3. The van der Waals surface area contributed by atoms with Crippen molar-refractivity contribution in [2.24, 2.45) is 0 Å². The Labute approximate surface area is 167 Å². The summed E-state index contributed by atoms with van der Waals surface area (Å²) >= 11 is 18.0. The normalized spacial score (nSPS) is 12.5. The summed E-state index contributed by atoms with van der Waals surface area (Å²) in [4.78, 5) is 12.5. The predicted octanol–water partition coefficient (Wildman–Crippen LogP) is 4.12. The highest BCUT2D eigenvalue weighted by atomic mass is 35.5. The van der Waals surface area contributed by atoms with Crippen molar-refractivity contribution in [3.63, 3.8) is 0 Å². The van der Waals surface area contributed by atoms with E-state index < -0.39 is 22.0 Å². The van der Waals surface area contributed by atoms with Gasteiger partial charge in [0.2, 0.25) is 15.9 Å². The molecular formula is C17H17Cl3N2O3S. The average molecular weight is 436 g/mol. The number of hydrogen-bond donors (Lipinski definition) is 1. The molecule has 0 saturated carbocycles. The van der Waals surface area contributed by atoms with Gasteiger partial charge in [-0.2, -0.15) is 0 Å². The van der Waals surface area contributed by atoms with Crippen molar-refractivity contribution < 1.29 is 13.2 Å². The Hall–Kier alpha value is -1.47. The van der Waals surface area contributed by atoms with Crippen LogP contribution in [0.5, 0.6) is 0 Å². The highest BCUT2D eigenvalue weighted by Gasteiger charge is 2.29. The van der Waals surface area contributed by atoms with E-state index in [0.29, 0.717) is 5.02 Å². The van der Waals surface area contributed by atoms with E-state index in [1.807, 2.05) is 0 Å². The first kappa shape index (κ1) is 20.8. The fourth-order valence-corrected chi connectivity index (χ4v) is 4.32. The minimum Gasteiger partial charge on any atom is -0.350 e. The summed E-state index contributed by atoms with van der Waals surface area (Å²) in [5, 5.41) is 3.75. The Morgan fingerprint density at radius 1 is 1.12 bits per heavy atom. The number of carbonyl (C=O) groups is 1. The van der Waals surface area contributed by atoms with E-state index >= 15 is 0 Å². The van der Waals surface area contributed by atoms with E-state index in [-0.39, 0.29) is 22.3 Å². The minimum atomic E-state index is -3.76. The molecule has 2 aromatic rings. The van der Waals surface area contributed by atoms with Crippen LogP contribution in [0, 0.1) is 0 Å². The van der Waals surface area contributed by atoms with Gasteiger partial charge in [0.1, 0.15) is 6.04 Å². The van der Waals surface area contributed by atoms with Gasteiger partial charge in [-0.15, -0.1) is 0 Å². The van der Waals surface area contributed by atoms with Crippen LogP contribution in [0.15, 0.2) is 42.5 Å². The zero-order valence-electron chi connectivity index (χ0n) is 14.0. The Morgan fingerprint density at radius 3 is 2.23 bits per heavy atom. The summed E-state index contributed by atoms with van der Waals surface area (Å²) in [6, 6.07) is 10.4. The van der Waals surface area contributed by atoms with E-state index in [9.17, 15) is 13.2 Å². The number of anilines is 1. The van der Waals surface area contributed by atoms with Crippen molar-refractivity contribution in [3.05, 3.63) is 63.1 Å². The lowest BCUT2D eigenvalue weighted by Crippen LogP contribution is -2.47.